The van der Waals surface area contributed by atoms with Gasteiger partial charge < -0.3 is 5.32 Å². The summed E-state index contributed by atoms with van der Waals surface area (Å²) in [6, 6.07) is 18.8. The van der Waals surface area contributed by atoms with Gasteiger partial charge in [0, 0.05) is 6.54 Å². The number of nitrogens with one attached hydrogen (secondary N) is 1. The maximum atomic E-state index is 13.1. The first-order valence-corrected chi connectivity index (χ1v) is 11.3. The number of halogens is 1. The molecule has 1 aliphatic heterocycles. The van der Waals surface area contributed by atoms with E-state index in [2.05, 4.69) is 70.8 Å². The van der Waals surface area contributed by atoms with E-state index in [0.29, 0.717) is 29.5 Å². The van der Waals surface area contributed by atoms with Crippen LogP contribution in [0.2, 0.25) is 5.15 Å². The smallest absolute Gasteiger partial charge is 0.256 e. The van der Waals surface area contributed by atoms with Crippen LogP contribution in [0.1, 0.15) is 51.6 Å². The zero-order valence-corrected chi connectivity index (χ0v) is 18.9. The van der Waals surface area contributed by atoms with Gasteiger partial charge in [-0.05, 0) is 50.9 Å². The monoisotopic (exact) mass is 436 g/mol. The summed E-state index contributed by atoms with van der Waals surface area (Å²) in [5.41, 5.74) is 4.63. The molecule has 1 atom stereocenters. The molecule has 1 aliphatic rings. The van der Waals surface area contributed by atoms with Gasteiger partial charge in [-0.2, -0.15) is 5.10 Å². The van der Waals surface area contributed by atoms with Gasteiger partial charge in [-0.3, -0.25) is 9.69 Å². The van der Waals surface area contributed by atoms with E-state index in [1.807, 2.05) is 13.0 Å². The van der Waals surface area contributed by atoms with Crippen LogP contribution in [0, 0.1) is 13.8 Å². The molecule has 1 amide bonds. The largest absolute Gasteiger partial charge is 0.350 e. The predicted octanol–water partition coefficient (Wildman–Crippen LogP) is 4.77. The number of benzene rings is 2. The van der Waals surface area contributed by atoms with Crippen molar-refractivity contribution in [1.29, 1.82) is 0 Å². The van der Waals surface area contributed by atoms with Crippen LogP contribution in [0.5, 0.6) is 0 Å². The van der Waals surface area contributed by atoms with E-state index in [1.54, 1.807) is 4.68 Å². The lowest BCUT2D eigenvalue weighted by molar-refractivity contribution is 0.0937. The highest BCUT2D eigenvalue weighted by Gasteiger charge is 2.26. The van der Waals surface area contributed by atoms with Crippen molar-refractivity contribution in [2.75, 3.05) is 19.6 Å². The minimum Gasteiger partial charge on any atom is -0.350 e. The molecule has 1 unspecified atom stereocenters. The summed E-state index contributed by atoms with van der Waals surface area (Å²) in [6.07, 6.45) is 2.40. The number of hydrogen-bond donors (Lipinski definition) is 1. The van der Waals surface area contributed by atoms with E-state index in [1.165, 1.54) is 24.0 Å². The molecule has 0 spiro atoms. The van der Waals surface area contributed by atoms with E-state index in [4.69, 9.17) is 11.6 Å². The Morgan fingerprint density at radius 3 is 2.42 bits per heavy atom. The molecule has 4 rings (SSSR count). The lowest BCUT2D eigenvalue weighted by Gasteiger charge is -2.28. The normalized spacial score (nSPS) is 15.2. The highest BCUT2D eigenvalue weighted by Crippen LogP contribution is 2.25. The molecular weight excluding hydrogens is 408 g/mol. The van der Waals surface area contributed by atoms with Gasteiger partial charge in [-0.15, -0.1) is 0 Å². The predicted molar refractivity (Wildman–Crippen MR) is 125 cm³/mol. The summed E-state index contributed by atoms with van der Waals surface area (Å²) in [6.45, 7) is 7.09. The second kappa shape index (κ2) is 9.67. The standard InChI is InChI=1S/C25H29ClN4O/c1-18-10-12-20(13-11-18)17-30-24(26)23(19(2)28-30)25(31)27-16-22(29-14-6-7-15-29)21-8-4-3-5-9-21/h3-5,8-13,22H,6-7,14-17H2,1-2H3,(H,27,31). The van der Waals surface area contributed by atoms with E-state index < -0.39 is 0 Å². The third-order valence-electron chi connectivity index (χ3n) is 5.97. The lowest BCUT2D eigenvalue weighted by Crippen LogP contribution is -2.37. The van der Waals surface area contributed by atoms with Crippen molar-refractivity contribution < 1.29 is 4.79 Å². The molecule has 1 aromatic heterocycles. The van der Waals surface area contributed by atoms with Gasteiger partial charge in [0.15, 0.2) is 0 Å². The number of nitrogens with zero attached hydrogens (tertiary/aromatic N) is 3. The summed E-state index contributed by atoms with van der Waals surface area (Å²) in [5, 5.41) is 8.03. The molecule has 0 aliphatic carbocycles. The number of rotatable bonds is 7. The molecule has 3 aromatic rings. The van der Waals surface area contributed by atoms with Crippen molar-refractivity contribution in [3.63, 3.8) is 0 Å². The van der Waals surface area contributed by atoms with Crippen molar-refractivity contribution in [1.82, 2.24) is 20.0 Å². The SMILES string of the molecule is Cc1ccc(Cn2nc(C)c(C(=O)NCC(c3ccccc3)N3CCCC3)c2Cl)cc1. The Labute approximate surface area is 189 Å². The fraction of sp³-hybridized carbons (Fsp3) is 0.360. The van der Waals surface area contributed by atoms with Gasteiger partial charge >= 0.3 is 0 Å². The van der Waals surface area contributed by atoms with Crippen LogP contribution < -0.4 is 5.32 Å². The number of amides is 1. The maximum Gasteiger partial charge on any atom is 0.256 e. The summed E-state index contributed by atoms with van der Waals surface area (Å²) in [7, 11) is 0. The molecular formula is C25H29ClN4O. The zero-order valence-electron chi connectivity index (χ0n) is 18.1. The molecule has 1 fully saturated rings. The van der Waals surface area contributed by atoms with Crippen molar-refractivity contribution in [2.45, 2.75) is 39.3 Å². The van der Waals surface area contributed by atoms with Gasteiger partial charge in [-0.1, -0.05) is 71.8 Å². The van der Waals surface area contributed by atoms with Gasteiger partial charge in [0.25, 0.3) is 5.91 Å². The zero-order chi connectivity index (χ0) is 21.8. The molecule has 6 heteroatoms. The van der Waals surface area contributed by atoms with Crippen molar-refractivity contribution in [2.24, 2.45) is 0 Å². The molecule has 2 heterocycles. The Morgan fingerprint density at radius 1 is 1.06 bits per heavy atom. The van der Waals surface area contributed by atoms with Crippen LogP contribution in [0.25, 0.3) is 0 Å². The van der Waals surface area contributed by atoms with E-state index in [-0.39, 0.29) is 11.9 Å². The molecule has 5 nitrogen and oxygen atoms in total. The lowest BCUT2D eigenvalue weighted by atomic mass is 10.1. The number of aromatic nitrogens is 2. The first kappa shape index (κ1) is 21.6. The van der Waals surface area contributed by atoms with Crippen LogP contribution in [-0.2, 0) is 6.54 Å². The van der Waals surface area contributed by atoms with Crippen LogP contribution in [0.3, 0.4) is 0 Å². The van der Waals surface area contributed by atoms with Crippen molar-refractivity contribution in [3.05, 3.63) is 87.7 Å². The topological polar surface area (TPSA) is 50.2 Å². The first-order valence-electron chi connectivity index (χ1n) is 10.9. The molecule has 162 valence electrons. The van der Waals surface area contributed by atoms with E-state index in [0.717, 1.165) is 18.7 Å². The van der Waals surface area contributed by atoms with Crippen LogP contribution in [-0.4, -0.2) is 40.2 Å². The van der Waals surface area contributed by atoms with Crippen LogP contribution in [0.4, 0.5) is 0 Å². The third kappa shape index (κ3) is 5.00. The number of hydrogen-bond acceptors (Lipinski definition) is 3. The number of likely N-dealkylation sites (tertiary alicyclic amines) is 1. The van der Waals surface area contributed by atoms with Gasteiger partial charge in [0.2, 0.25) is 0 Å². The summed E-state index contributed by atoms with van der Waals surface area (Å²) in [5.74, 6) is -0.169. The van der Waals surface area contributed by atoms with E-state index >= 15 is 0 Å². The van der Waals surface area contributed by atoms with Crippen molar-refractivity contribution >= 4 is 17.5 Å². The van der Waals surface area contributed by atoms with Gasteiger partial charge in [-0.25, -0.2) is 4.68 Å². The Morgan fingerprint density at radius 2 is 1.74 bits per heavy atom. The second-order valence-electron chi connectivity index (χ2n) is 8.27. The average Bonchev–Trinajstić information content (AvgIpc) is 3.39. The fourth-order valence-corrected chi connectivity index (χ4v) is 4.57. The molecule has 2 aromatic carbocycles. The minimum absolute atomic E-state index is 0.161. The summed E-state index contributed by atoms with van der Waals surface area (Å²) < 4.78 is 1.70. The van der Waals surface area contributed by atoms with Crippen molar-refractivity contribution in [3.8, 4) is 0 Å². The summed E-state index contributed by atoms with van der Waals surface area (Å²) in [4.78, 5) is 15.5. The quantitative estimate of drug-likeness (QED) is 0.580. The Bertz CT molecular complexity index is 1020. The minimum atomic E-state index is -0.169. The maximum absolute atomic E-state index is 13.1. The number of aryl methyl sites for hydroxylation is 2. The molecule has 0 saturated carbocycles. The molecule has 31 heavy (non-hydrogen) atoms. The highest BCUT2D eigenvalue weighted by atomic mass is 35.5. The van der Waals surface area contributed by atoms with Crippen LogP contribution in [0.15, 0.2) is 54.6 Å². The molecule has 0 radical (unpaired) electrons. The average molecular weight is 437 g/mol. The van der Waals surface area contributed by atoms with Crippen LogP contribution >= 0.6 is 11.6 Å². The fourth-order valence-electron chi connectivity index (χ4n) is 4.25. The Balaban J connectivity index is 1.48. The van der Waals surface area contributed by atoms with E-state index in [9.17, 15) is 4.79 Å². The second-order valence-corrected chi connectivity index (χ2v) is 8.63. The van der Waals surface area contributed by atoms with Gasteiger partial charge in [0.05, 0.1) is 23.8 Å². The molecule has 1 N–H and O–H groups in total. The highest BCUT2D eigenvalue weighted by molar-refractivity contribution is 6.33. The first-order chi connectivity index (χ1) is 15.0. The summed E-state index contributed by atoms with van der Waals surface area (Å²) >= 11 is 6.59. The van der Waals surface area contributed by atoms with Gasteiger partial charge in [0.1, 0.15) is 5.15 Å². The third-order valence-corrected chi connectivity index (χ3v) is 6.35. The molecule has 1 saturated heterocycles. The number of carbonyl (C=O) groups is 1. The molecule has 0 bridgehead atoms. The Kier molecular flexibility index (Phi) is 6.73. The number of carbonyl (C=O) groups excluding carboxylic acids is 1. The Hall–Kier alpha value is -2.63.